The van der Waals surface area contributed by atoms with Crippen molar-refractivity contribution in [2.45, 2.75) is 32.3 Å². The first kappa shape index (κ1) is 16.9. The summed E-state index contributed by atoms with van der Waals surface area (Å²) in [6, 6.07) is 6.50. The number of carbonyl (C=O) groups excluding carboxylic acids is 1. The van der Waals surface area contributed by atoms with Crippen molar-refractivity contribution in [3.63, 3.8) is 0 Å². The average molecular weight is 309 g/mol. The minimum Gasteiger partial charge on any atom is -0.466 e. The molecule has 4 nitrogen and oxygen atoms in total. The number of esters is 1. The fourth-order valence-electron chi connectivity index (χ4n) is 2.62. The summed E-state index contributed by atoms with van der Waals surface area (Å²) in [5.74, 6) is -0.343. The predicted molar refractivity (Wildman–Crippen MR) is 82.0 cm³/mol. The predicted octanol–water partition coefficient (Wildman–Crippen LogP) is 2.93. The second-order valence-electron chi connectivity index (χ2n) is 5.47. The molecule has 0 aromatic heterocycles. The van der Waals surface area contributed by atoms with Crippen molar-refractivity contribution in [1.29, 1.82) is 0 Å². The second kappa shape index (κ2) is 8.86. The zero-order valence-corrected chi connectivity index (χ0v) is 13.1. The molecule has 1 aliphatic rings. The van der Waals surface area contributed by atoms with Gasteiger partial charge in [-0.15, -0.1) is 0 Å². The molecule has 1 saturated heterocycles. The number of hydrogen-bond donors (Lipinski definition) is 0. The molecule has 0 bridgehead atoms. The topological polar surface area (TPSA) is 38.8 Å². The Bertz CT molecular complexity index is 463. The molecule has 1 heterocycles. The first-order chi connectivity index (χ1) is 10.7. The highest BCUT2D eigenvalue weighted by Gasteiger charge is 2.21. The van der Waals surface area contributed by atoms with Gasteiger partial charge in [0.25, 0.3) is 0 Å². The van der Waals surface area contributed by atoms with Crippen molar-refractivity contribution < 1.29 is 18.7 Å². The summed E-state index contributed by atoms with van der Waals surface area (Å²) in [5.41, 5.74) is 1.01. The number of carbonyl (C=O) groups is 1. The minimum absolute atomic E-state index is 0.000549. The van der Waals surface area contributed by atoms with Crippen molar-refractivity contribution in [3.05, 3.63) is 35.6 Å². The third kappa shape index (κ3) is 5.39. The molecule has 0 unspecified atom stereocenters. The molecule has 0 saturated carbocycles. The van der Waals surface area contributed by atoms with Gasteiger partial charge in [-0.3, -0.25) is 9.69 Å². The summed E-state index contributed by atoms with van der Waals surface area (Å²) in [4.78, 5) is 13.6. The second-order valence-corrected chi connectivity index (χ2v) is 5.47. The lowest BCUT2D eigenvalue weighted by atomic mass is 10.1. The summed E-state index contributed by atoms with van der Waals surface area (Å²) < 4.78 is 23.7. The number of unbranched alkanes of at least 4 members (excludes halogenated alkanes) is 1. The number of morpholine rings is 1. The van der Waals surface area contributed by atoms with Gasteiger partial charge in [-0.05, 0) is 44.0 Å². The number of hydrogen-bond acceptors (Lipinski definition) is 4. The molecule has 122 valence electrons. The van der Waals surface area contributed by atoms with E-state index in [1.807, 2.05) is 6.92 Å². The smallest absolute Gasteiger partial charge is 0.305 e. The Morgan fingerprint density at radius 3 is 2.86 bits per heavy atom. The van der Waals surface area contributed by atoms with E-state index in [4.69, 9.17) is 9.47 Å². The van der Waals surface area contributed by atoms with E-state index in [1.54, 1.807) is 12.1 Å². The Balaban J connectivity index is 1.72. The molecule has 1 atom stereocenters. The van der Waals surface area contributed by atoms with Crippen LogP contribution in [0.1, 0.15) is 37.9 Å². The van der Waals surface area contributed by atoms with Crippen molar-refractivity contribution in [2.75, 3.05) is 32.8 Å². The molecule has 1 fully saturated rings. The highest BCUT2D eigenvalue weighted by molar-refractivity contribution is 5.69. The lowest BCUT2D eigenvalue weighted by molar-refractivity contribution is -0.143. The molecule has 2 rings (SSSR count). The largest absolute Gasteiger partial charge is 0.466 e. The lowest BCUT2D eigenvalue weighted by Gasteiger charge is -2.33. The van der Waals surface area contributed by atoms with Crippen LogP contribution in [0.4, 0.5) is 4.39 Å². The zero-order chi connectivity index (χ0) is 15.8. The van der Waals surface area contributed by atoms with E-state index in [-0.39, 0.29) is 17.9 Å². The van der Waals surface area contributed by atoms with Gasteiger partial charge < -0.3 is 9.47 Å². The first-order valence-corrected chi connectivity index (χ1v) is 7.94. The molecule has 22 heavy (non-hydrogen) atoms. The normalized spacial score (nSPS) is 19.1. The minimum atomic E-state index is -0.226. The molecule has 1 aliphatic heterocycles. The maximum absolute atomic E-state index is 13.0. The van der Waals surface area contributed by atoms with Crippen LogP contribution < -0.4 is 0 Å². The summed E-state index contributed by atoms with van der Waals surface area (Å²) in [5, 5.41) is 0. The molecule has 0 N–H and O–H groups in total. The van der Waals surface area contributed by atoms with E-state index in [9.17, 15) is 9.18 Å². The van der Waals surface area contributed by atoms with Gasteiger partial charge in [-0.25, -0.2) is 4.39 Å². The van der Waals surface area contributed by atoms with E-state index in [0.29, 0.717) is 19.6 Å². The summed E-state index contributed by atoms with van der Waals surface area (Å²) in [6.07, 6.45) is 2.30. The fourth-order valence-corrected chi connectivity index (χ4v) is 2.62. The standard InChI is InChI=1S/C17H24FNO3/c1-2-21-17(20)5-3-4-10-19-11-12-22-16(13-19)14-6-8-15(18)9-7-14/h6-9,16H,2-5,10-13H2,1H3/t16-/m0/s1. The maximum Gasteiger partial charge on any atom is 0.305 e. The summed E-state index contributed by atoms with van der Waals surface area (Å²) in [6.45, 7) is 5.60. The van der Waals surface area contributed by atoms with Crippen LogP contribution in [0.25, 0.3) is 0 Å². The average Bonchev–Trinajstić information content (AvgIpc) is 2.53. The van der Waals surface area contributed by atoms with Crippen LogP contribution in [0, 0.1) is 5.82 Å². The first-order valence-electron chi connectivity index (χ1n) is 7.94. The van der Waals surface area contributed by atoms with Crippen LogP contribution in [0.2, 0.25) is 0 Å². The van der Waals surface area contributed by atoms with Gasteiger partial charge in [-0.2, -0.15) is 0 Å². The molecule has 1 aromatic rings. The molecule has 1 aromatic carbocycles. The van der Waals surface area contributed by atoms with Crippen LogP contribution in [-0.2, 0) is 14.3 Å². The van der Waals surface area contributed by atoms with Gasteiger partial charge >= 0.3 is 5.97 Å². The quantitative estimate of drug-likeness (QED) is 0.573. The molecule has 0 radical (unpaired) electrons. The third-order valence-electron chi connectivity index (χ3n) is 3.80. The van der Waals surface area contributed by atoms with Crippen molar-refractivity contribution in [1.82, 2.24) is 4.90 Å². The van der Waals surface area contributed by atoms with Gasteiger partial charge in [0, 0.05) is 19.5 Å². The Morgan fingerprint density at radius 2 is 2.14 bits per heavy atom. The van der Waals surface area contributed by atoms with Crippen LogP contribution in [0.15, 0.2) is 24.3 Å². The molecule has 0 amide bonds. The lowest BCUT2D eigenvalue weighted by Crippen LogP contribution is -2.38. The van der Waals surface area contributed by atoms with Crippen LogP contribution >= 0.6 is 0 Å². The number of benzene rings is 1. The van der Waals surface area contributed by atoms with Gasteiger partial charge in [0.15, 0.2) is 0 Å². The highest BCUT2D eigenvalue weighted by Crippen LogP contribution is 2.22. The molecular formula is C17H24FNO3. The Morgan fingerprint density at radius 1 is 1.36 bits per heavy atom. The zero-order valence-electron chi connectivity index (χ0n) is 13.1. The van der Waals surface area contributed by atoms with Gasteiger partial charge in [0.2, 0.25) is 0 Å². The van der Waals surface area contributed by atoms with Crippen molar-refractivity contribution in [2.24, 2.45) is 0 Å². The molecular weight excluding hydrogens is 285 g/mol. The van der Waals surface area contributed by atoms with E-state index in [1.165, 1.54) is 12.1 Å². The van der Waals surface area contributed by atoms with Gasteiger partial charge in [0.1, 0.15) is 5.82 Å². The van der Waals surface area contributed by atoms with Crippen molar-refractivity contribution in [3.8, 4) is 0 Å². The van der Waals surface area contributed by atoms with E-state index in [2.05, 4.69) is 4.90 Å². The number of rotatable bonds is 7. The van der Waals surface area contributed by atoms with Gasteiger partial charge in [0.05, 0.1) is 19.3 Å². The van der Waals surface area contributed by atoms with Crippen LogP contribution in [0.5, 0.6) is 0 Å². The van der Waals surface area contributed by atoms with Crippen LogP contribution in [0.3, 0.4) is 0 Å². The summed E-state index contributed by atoms with van der Waals surface area (Å²) >= 11 is 0. The number of nitrogens with zero attached hydrogens (tertiary/aromatic N) is 1. The molecule has 5 heteroatoms. The SMILES string of the molecule is CCOC(=O)CCCCN1CCO[C@H](c2ccc(F)cc2)C1. The van der Waals surface area contributed by atoms with E-state index >= 15 is 0 Å². The van der Waals surface area contributed by atoms with E-state index in [0.717, 1.165) is 38.0 Å². The Labute approximate surface area is 131 Å². The molecule has 0 spiro atoms. The van der Waals surface area contributed by atoms with Crippen LogP contribution in [-0.4, -0.2) is 43.7 Å². The highest BCUT2D eigenvalue weighted by atomic mass is 19.1. The third-order valence-corrected chi connectivity index (χ3v) is 3.80. The van der Waals surface area contributed by atoms with E-state index < -0.39 is 0 Å². The number of ether oxygens (including phenoxy) is 2. The van der Waals surface area contributed by atoms with Crippen molar-refractivity contribution >= 4 is 5.97 Å². The Kier molecular flexibility index (Phi) is 6.80. The summed E-state index contributed by atoms with van der Waals surface area (Å²) in [7, 11) is 0. The van der Waals surface area contributed by atoms with Gasteiger partial charge in [-0.1, -0.05) is 12.1 Å². The maximum atomic E-state index is 13.0. The number of halogens is 1. The monoisotopic (exact) mass is 309 g/mol. The Hall–Kier alpha value is -1.46. The fraction of sp³-hybridized carbons (Fsp3) is 0.588. The molecule has 0 aliphatic carbocycles.